The molecule has 0 bridgehead atoms. The van der Waals surface area contributed by atoms with Crippen molar-refractivity contribution in [2.45, 2.75) is 63.9 Å². The smallest absolute Gasteiger partial charge is 0.419 e. The quantitative estimate of drug-likeness (QED) is 0.0955. The number of carboxylic acid groups (broad SMARTS) is 1. The van der Waals surface area contributed by atoms with Crippen LogP contribution in [-0.4, -0.2) is 52.0 Å². The van der Waals surface area contributed by atoms with Crippen molar-refractivity contribution in [3.63, 3.8) is 0 Å². The second-order valence-electron chi connectivity index (χ2n) is 12.3. The summed E-state index contributed by atoms with van der Waals surface area (Å²) in [4.78, 5) is 24.6. The molecule has 0 aliphatic heterocycles. The summed E-state index contributed by atoms with van der Waals surface area (Å²) < 4.78 is 142. The van der Waals surface area contributed by atoms with Gasteiger partial charge in [-0.1, -0.05) is 0 Å². The van der Waals surface area contributed by atoms with Crippen LogP contribution in [-0.2, 0) is 42.0 Å². The van der Waals surface area contributed by atoms with E-state index >= 15 is 0 Å². The number of hydrogen-bond acceptors (Lipinski definition) is 9. The summed E-state index contributed by atoms with van der Waals surface area (Å²) >= 11 is 0. The highest BCUT2D eigenvalue weighted by atomic mass is 19.4. The van der Waals surface area contributed by atoms with Crippen LogP contribution in [0.4, 0.5) is 45.5 Å². The monoisotopic (exact) mass is 776 g/mol. The zero-order valence-corrected chi connectivity index (χ0v) is 28.9. The molecule has 0 aliphatic carbocycles. The molecule has 2 aromatic carbocycles. The molecule has 54 heavy (non-hydrogen) atoms. The SMILES string of the molecule is COc1cc(CN(Cc2cc(C(F)(F)F)cc(C(F)(F)F)c2)c2ncc(OCCCC(=O)O)cn2)c(-c2nc(C(C)(C)O)ccc2OC)cc1C(F)(F)F. The molecular weight excluding hydrogens is 743 g/mol. The fourth-order valence-corrected chi connectivity index (χ4v) is 5.20. The van der Waals surface area contributed by atoms with Crippen LogP contribution in [0, 0.1) is 0 Å². The number of carboxylic acids is 1. The molecule has 2 N–H and O–H groups in total. The lowest BCUT2D eigenvalue weighted by Crippen LogP contribution is -2.26. The highest BCUT2D eigenvalue weighted by Crippen LogP contribution is 2.43. The Morgan fingerprint density at radius 1 is 0.796 bits per heavy atom. The number of hydrogen-bond donors (Lipinski definition) is 2. The van der Waals surface area contributed by atoms with Gasteiger partial charge in [-0.3, -0.25) is 4.79 Å². The first kappa shape index (κ1) is 41.4. The molecule has 0 unspecified atom stereocenters. The summed E-state index contributed by atoms with van der Waals surface area (Å²) in [6.45, 7) is 1.41. The maximum Gasteiger partial charge on any atom is 0.419 e. The van der Waals surface area contributed by atoms with Gasteiger partial charge in [0.05, 0.1) is 55.6 Å². The molecule has 10 nitrogen and oxygen atoms in total. The highest BCUT2D eigenvalue weighted by molar-refractivity contribution is 5.73. The van der Waals surface area contributed by atoms with Gasteiger partial charge in [0.1, 0.15) is 22.8 Å². The van der Waals surface area contributed by atoms with E-state index < -0.39 is 71.2 Å². The molecule has 292 valence electrons. The number of aliphatic hydroxyl groups is 1. The maximum atomic E-state index is 14.4. The van der Waals surface area contributed by atoms with Gasteiger partial charge in [-0.2, -0.15) is 39.5 Å². The Morgan fingerprint density at radius 2 is 1.39 bits per heavy atom. The Labute approximate surface area is 302 Å². The minimum atomic E-state index is -5.18. The minimum absolute atomic E-state index is 0.0244. The van der Waals surface area contributed by atoms with Gasteiger partial charge in [0.15, 0.2) is 5.75 Å². The standard InChI is InChI=1S/C35H33F9N4O6/c1-32(2,51)28-8-7-26(52-3)30(47-28)24-14-25(35(42,43)44)27(53-4)12-20(24)18-48(31-45-15-23(16-46-31)54-9-5-6-29(49)50)17-19-10-21(33(36,37)38)13-22(11-19)34(39,40)41/h7-8,10-16,51H,5-6,9,17-18H2,1-4H3,(H,49,50). The van der Waals surface area contributed by atoms with Crippen molar-refractivity contribution in [1.29, 1.82) is 0 Å². The van der Waals surface area contributed by atoms with Gasteiger partial charge >= 0.3 is 24.5 Å². The third-order valence-electron chi connectivity index (χ3n) is 7.77. The average Bonchev–Trinajstić information content (AvgIpc) is 3.07. The van der Waals surface area contributed by atoms with E-state index in [0.29, 0.717) is 18.2 Å². The molecule has 2 aromatic heterocycles. The number of ether oxygens (including phenoxy) is 3. The number of rotatable bonds is 14. The molecule has 0 amide bonds. The van der Waals surface area contributed by atoms with Crippen LogP contribution in [0.5, 0.6) is 17.2 Å². The van der Waals surface area contributed by atoms with E-state index in [0.717, 1.165) is 30.5 Å². The molecule has 4 aromatic rings. The molecule has 2 heterocycles. The van der Waals surface area contributed by atoms with Gasteiger partial charge in [-0.15, -0.1) is 0 Å². The van der Waals surface area contributed by atoms with E-state index in [9.17, 15) is 49.4 Å². The molecule has 4 rings (SSSR count). The lowest BCUT2D eigenvalue weighted by molar-refractivity contribution is -0.143. The van der Waals surface area contributed by atoms with Crippen molar-refractivity contribution >= 4 is 11.9 Å². The van der Waals surface area contributed by atoms with Gasteiger partial charge in [0.2, 0.25) is 5.95 Å². The molecule has 0 radical (unpaired) electrons. The summed E-state index contributed by atoms with van der Waals surface area (Å²) in [7, 11) is 2.19. The predicted molar refractivity (Wildman–Crippen MR) is 174 cm³/mol. The van der Waals surface area contributed by atoms with Crippen LogP contribution in [0.25, 0.3) is 11.3 Å². The third kappa shape index (κ3) is 10.4. The van der Waals surface area contributed by atoms with E-state index in [1.54, 1.807) is 0 Å². The van der Waals surface area contributed by atoms with Crippen molar-refractivity contribution < 1.29 is 68.7 Å². The minimum Gasteiger partial charge on any atom is -0.496 e. The summed E-state index contributed by atoms with van der Waals surface area (Å²) in [5.74, 6) is -2.04. The van der Waals surface area contributed by atoms with E-state index in [1.165, 1.54) is 33.1 Å². The Kier molecular flexibility index (Phi) is 12.2. The van der Waals surface area contributed by atoms with E-state index in [-0.39, 0.29) is 65.5 Å². The fraction of sp³-hybridized carbons (Fsp3) is 0.371. The Balaban J connectivity index is 1.94. The van der Waals surface area contributed by atoms with Crippen LogP contribution in [0.15, 0.2) is 54.9 Å². The normalized spacial score (nSPS) is 12.4. The topological polar surface area (TPSA) is 127 Å². The lowest BCUT2D eigenvalue weighted by atomic mass is 9.96. The first-order chi connectivity index (χ1) is 25.0. The molecule has 19 heteroatoms. The summed E-state index contributed by atoms with van der Waals surface area (Å²) in [6.07, 6.45) is -13.2. The first-order valence-electron chi connectivity index (χ1n) is 15.8. The van der Waals surface area contributed by atoms with Gasteiger partial charge in [-0.25, -0.2) is 15.0 Å². The van der Waals surface area contributed by atoms with Crippen LogP contribution in [0.1, 0.15) is 60.2 Å². The van der Waals surface area contributed by atoms with E-state index in [2.05, 4.69) is 15.0 Å². The summed E-state index contributed by atoms with van der Waals surface area (Å²) in [5.41, 5.74) is -7.00. The van der Waals surface area contributed by atoms with Crippen LogP contribution in [0.3, 0.4) is 0 Å². The second-order valence-corrected chi connectivity index (χ2v) is 12.3. The predicted octanol–water partition coefficient (Wildman–Crippen LogP) is 8.29. The van der Waals surface area contributed by atoms with Gasteiger partial charge in [-0.05, 0) is 73.9 Å². The van der Waals surface area contributed by atoms with E-state index in [4.69, 9.17) is 19.3 Å². The molecule has 0 saturated carbocycles. The first-order valence-corrected chi connectivity index (χ1v) is 15.8. The van der Waals surface area contributed by atoms with Crippen molar-refractivity contribution in [2.75, 3.05) is 25.7 Å². The Hall–Kier alpha value is -5.33. The van der Waals surface area contributed by atoms with Crippen molar-refractivity contribution in [3.8, 4) is 28.5 Å². The number of aromatic nitrogens is 3. The molecule has 0 aliphatic rings. The number of aliphatic carboxylic acids is 1. The van der Waals surface area contributed by atoms with E-state index in [1.807, 2.05) is 0 Å². The van der Waals surface area contributed by atoms with Crippen LogP contribution < -0.4 is 19.1 Å². The molecular formula is C35H33F9N4O6. The number of alkyl halides is 9. The van der Waals surface area contributed by atoms with Gasteiger partial charge in [0.25, 0.3) is 0 Å². The number of benzene rings is 2. The number of nitrogens with zero attached hydrogens (tertiary/aromatic N) is 4. The number of methoxy groups -OCH3 is 2. The van der Waals surface area contributed by atoms with Crippen LogP contribution in [0.2, 0.25) is 0 Å². The summed E-state index contributed by atoms with van der Waals surface area (Å²) in [6, 6.07) is 5.36. The van der Waals surface area contributed by atoms with Crippen molar-refractivity contribution in [3.05, 3.63) is 88.4 Å². The maximum absolute atomic E-state index is 14.4. The number of anilines is 1. The molecule has 0 spiro atoms. The third-order valence-corrected chi connectivity index (χ3v) is 7.77. The average molecular weight is 777 g/mol. The van der Waals surface area contributed by atoms with Crippen LogP contribution >= 0.6 is 0 Å². The molecule has 0 fully saturated rings. The van der Waals surface area contributed by atoms with Gasteiger partial charge < -0.3 is 29.3 Å². The number of carbonyl (C=O) groups is 1. The second kappa shape index (κ2) is 16.0. The summed E-state index contributed by atoms with van der Waals surface area (Å²) in [5, 5.41) is 19.5. The van der Waals surface area contributed by atoms with Crippen molar-refractivity contribution in [2.24, 2.45) is 0 Å². The Bertz CT molecular complexity index is 1910. The zero-order chi connectivity index (χ0) is 40.2. The Morgan fingerprint density at radius 3 is 1.89 bits per heavy atom. The fourth-order valence-electron chi connectivity index (χ4n) is 5.20. The van der Waals surface area contributed by atoms with Crippen molar-refractivity contribution in [1.82, 2.24) is 15.0 Å². The number of halogens is 9. The molecule has 0 atom stereocenters. The van der Waals surface area contributed by atoms with Gasteiger partial charge in [0, 0.05) is 25.1 Å². The largest absolute Gasteiger partial charge is 0.496 e. The molecule has 0 saturated heterocycles. The zero-order valence-electron chi connectivity index (χ0n) is 28.9. The lowest BCUT2D eigenvalue weighted by Gasteiger charge is -2.27. The number of pyridine rings is 1. The highest BCUT2D eigenvalue weighted by Gasteiger charge is 2.38.